The quantitative estimate of drug-likeness (QED) is 0.742. The van der Waals surface area contributed by atoms with Gasteiger partial charge in [0.25, 0.3) is 10.2 Å². The van der Waals surface area contributed by atoms with Gasteiger partial charge in [0.2, 0.25) is 0 Å². The summed E-state index contributed by atoms with van der Waals surface area (Å²) in [4.78, 5) is 0. The number of nitrogens with zero attached hydrogens (tertiary/aromatic N) is 1. The van der Waals surface area contributed by atoms with Crippen molar-refractivity contribution in [1.82, 2.24) is 14.3 Å². The van der Waals surface area contributed by atoms with E-state index < -0.39 is 10.2 Å². The molecule has 2 heterocycles. The maximum absolute atomic E-state index is 12.3. The third-order valence-electron chi connectivity index (χ3n) is 4.47. The Morgan fingerprint density at radius 2 is 2.05 bits per heavy atom. The van der Waals surface area contributed by atoms with E-state index >= 15 is 0 Å². The smallest absolute Gasteiger partial charge is 0.279 e. The minimum atomic E-state index is -3.34. The van der Waals surface area contributed by atoms with Crippen LogP contribution in [-0.2, 0) is 14.9 Å². The Bertz CT molecular complexity index is 407. The first kappa shape index (κ1) is 19.1. The highest BCUT2D eigenvalue weighted by atomic mass is 35.5. The molecule has 1 unspecified atom stereocenters. The number of nitrogens with one attached hydrogen (secondary N) is 2. The molecule has 2 aliphatic rings. The zero-order valence-electron chi connectivity index (χ0n) is 12.9. The van der Waals surface area contributed by atoms with E-state index in [1.807, 2.05) is 0 Å². The molecule has 0 saturated carbocycles. The molecule has 6 nitrogen and oxygen atoms in total. The molecule has 2 fully saturated rings. The largest absolute Gasteiger partial charge is 0.384 e. The van der Waals surface area contributed by atoms with Gasteiger partial charge in [-0.25, -0.2) is 4.72 Å². The molecule has 0 aromatic carbocycles. The number of methoxy groups -OCH3 is 1. The van der Waals surface area contributed by atoms with E-state index in [1.165, 1.54) is 0 Å². The van der Waals surface area contributed by atoms with Crippen molar-refractivity contribution in [2.24, 2.45) is 11.3 Å². The first-order valence-electron chi connectivity index (χ1n) is 7.42. The summed E-state index contributed by atoms with van der Waals surface area (Å²) in [7, 11) is -1.66. The Labute approximate surface area is 134 Å². The van der Waals surface area contributed by atoms with Crippen molar-refractivity contribution in [1.29, 1.82) is 0 Å². The Morgan fingerprint density at radius 3 is 2.57 bits per heavy atom. The first-order chi connectivity index (χ1) is 9.47. The lowest BCUT2D eigenvalue weighted by atomic mass is 9.80. The summed E-state index contributed by atoms with van der Waals surface area (Å²) >= 11 is 0. The Morgan fingerprint density at radius 1 is 1.38 bits per heavy atom. The number of rotatable bonds is 6. The van der Waals surface area contributed by atoms with Gasteiger partial charge in [-0.2, -0.15) is 12.7 Å². The molecule has 0 aromatic rings. The van der Waals surface area contributed by atoms with Crippen molar-refractivity contribution in [3.05, 3.63) is 0 Å². The predicted molar refractivity (Wildman–Crippen MR) is 85.9 cm³/mol. The monoisotopic (exact) mass is 341 g/mol. The van der Waals surface area contributed by atoms with E-state index in [1.54, 1.807) is 11.4 Å². The Hall–Kier alpha value is 0.0800. The number of hydrogen-bond acceptors (Lipinski definition) is 4. The van der Waals surface area contributed by atoms with Crippen LogP contribution in [-0.4, -0.2) is 59.2 Å². The van der Waals surface area contributed by atoms with Gasteiger partial charge in [-0.1, -0.05) is 6.92 Å². The van der Waals surface area contributed by atoms with Gasteiger partial charge in [0.15, 0.2) is 0 Å². The third-order valence-corrected chi connectivity index (χ3v) is 5.99. The van der Waals surface area contributed by atoms with Crippen molar-refractivity contribution in [2.75, 3.05) is 46.4 Å². The molecule has 21 heavy (non-hydrogen) atoms. The number of piperidine rings is 1. The van der Waals surface area contributed by atoms with Gasteiger partial charge in [0.05, 0.1) is 6.61 Å². The van der Waals surface area contributed by atoms with Crippen molar-refractivity contribution in [2.45, 2.75) is 26.2 Å². The van der Waals surface area contributed by atoms with Crippen LogP contribution in [0.25, 0.3) is 0 Å². The number of halogens is 1. The molecule has 0 bridgehead atoms. The number of ether oxygens (including phenoxy) is 1. The molecule has 2 saturated heterocycles. The Balaban J connectivity index is 0.00000220. The second kappa shape index (κ2) is 8.08. The van der Waals surface area contributed by atoms with Crippen LogP contribution in [0.1, 0.15) is 26.2 Å². The summed E-state index contributed by atoms with van der Waals surface area (Å²) in [6, 6.07) is 0. The Kier molecular flexibility index (Phi) is 7.36. The summed E-state index contributed by atoms with van der Waals surface area (Å²) in [5.41, 5.74) is -0.0710. The van der Waals surface area contributed by atoms with Gasteiger partial charge in [0, 0.05) is 32.2 Å². The van der Waals surface area contributed by atoms with Crippen LogP contribution in [0.4, 0.5) is 0 Å². The van der Waals surface area contributed by atoms with Crippen LogP contribution in [0.3, 0.4) is 0 Å². The first-order valence-corrected chi connectivity index (χ1v) is 8.86. The SMILES string of the molecule is COCC1(CNS(=O)(=O)N2CCC(C)C2)CCNCC1.Cl. The lowest BCUT2D eigenvalue weighted by Crippen LogP contribution is -2.49. The molecule has 126 valence electrons. The summed E-state index contributed by atoms with van der Waals surface area (Å²) in [5, 5.41) is 3.31. The third kappa shape index (κ3) is 5.04. The molecule has 1 atom stereocenters. The molecule has 0 aromatic heterocycles. The fourth-order valence-corrected chi connectivity index (χ4v) is 4.55. The van der Waals surface area contributed by atoms with Crippen LogP contribution in [0.15, 0.2) is 0 Å². The predicted octanol–water partition coefficient (Wildman–Crippen LogP) is 0.601. The minimum absolute atomic E-state index is 0. The zero-order chi connectivity index (χ0) is 14.6. The van der Waals surface area contributed by atoms with E-state index in [2.05, 4.69) is 17.0 Å². The molecule has 0 aliphatic carbocycles. The fourth-order valence-electron chi connectivity index (χ4n) is 3.08. The lowest BCUT2D eigenvalue weighted by molar-refractivity contribution is 0.0574. The van der Waals surface area contributed by atoms with Gasteiger partial charge in [0.1, 0.15) is 0 Å². The van der Waals surface area contributed by atoms with Gasteiger partial charge < -0.3 is 10.1 Å². The maximum atomic E-state index is 12.3. The zero-order valence-corrected chi connectivity index (χ0v) is 14.6. The highest BCUT2D eigenvalue weighted by Gasteiger charge is 2.35. The highest BCUT2D eigenvalue weighted by Crippen LogP contribution is 2.29. The molecule has 2 N–H and O–H groups in total. The highest BCUT2D eigenvalue weighted by molar-refractivity contribution is 7.87. The second-order valence-corrected chi connectivity index (χ2v) is 8.02. The van der Waals surface area contributed by atoms with E-state index in [0.717, 1.165) is 32.4 Å². The summed E-state index contributed by atoms with van der Waals surface area (Å²) in [6.45, 7) is 6.28. The summed E-state index contributed by atoms with van der Waals surface area (Å²) in [5.74, 6) is 0.457. The average Bonchev–Trinajstić information content (AvgIpc) is 2.86. The normalized spacial score (nSPS) is 26.5. The molecule has 0 radical (unpaired) electrons. The van der Waals surface area contributed by atoms with Crippen molar-refractivity contribution in [3.63, 3.8) is 0 Å². The van der Waals surface area contributed by atoms with Crippen LogP contribution in [0.2, 0.25) is 0 Å². The van der Waals surface area contributed by atoms with E-state index in [0.29, 0.717) is 32.2 Å². The molecule has 0 amide bonds. The van der Waals surface area contributed by atoms with Gasteiger partial charge in [-0.15, -0.1) is 12.4 Å². The lowest BCUT2D eigenvalue weighted by Gasteiger charge is -2.37. The molecule has 8 heteroatoms. The average molecular weight is 342 g/mol. The van der Waals surface area contributed by atoms with Crippen molar-refractivity contribution >= 4 is 22.6 Å². The van der Waals surface area contributed by atoms with Crippen molar-refractivity contribution < 1.29 is 13.2 Å². The molecular formula is C13H28ClN3O3S. The van der Waals surface area contributed by atoms with Gasteiger partial charge in [-0.3, -0.25) is 0 Å². The minimum Gasteiger partial charge on any atom is -0.384 e. The molecule has 0 spiro atoms. The van der Waals surface area contributed by atoms with Crippen molar-refractivity contribution in [3.8, 4) is 0 Å². The maximum Gasteiger partial charge on any atom is 0.279 e. The van der Waals surface area contributed by atoms with Crippen LogP contribution < -0.4 is 10.0 Å². The second-order valence-electron chi connectivity index (χ2n) is 6.26. The van der Waals surface area contributed by atoms with E-state index in [4.69, 9.17) is 4.74 Å². The van der Waals surface area contributed by atoms with Crippen LogP contribution >= 0.6 is 12.4 Å². The van der Waals surface area contributed by atoms with E-state index in [-0.39, 0.29) is 17.8 Å². The van der Waals surface area contributed by atoms with Crippen LogP contribution in [0.5, 0.6) is 0 Å². The van der Waals surface area contributed by atoms with Gasteiger partial charge >= 0.3 is 0 Å². The van der Waals surface area contributed by atoms with Crippen LogP contribution in [0, 0.1) is 11.3 Å². The standard InChI is InChI=1S/C13H27N3O3S.ClH/c1-12-3-8-16(9-12)20(17,18)15-10-13(11-19-2)4-6-14-7-5-13;/h12,14-15H,3-11H2,1-2H3;1H. The molecular weight excluding hydrogens is 314 g/mol. The topological polar surface area (TPSA) is 70.7 Å². The molecule has 2 rings (SSSR count). The fraction of sp³-hybridized carbons (Fsp3) is 1.00. The summed E-state index contributed by atoms with van der Waals surface area (Å²) < 4.78 is 34.3. The van der Waals surface area contributed by atoms with E-state index in [9.17, 15) is 8.42 Å². The van der Waals surface area contributed by atoms with Gasteiger partial charge in [-0.05, 0) is 38.3 Å². The summed E-state index contributed by atoms with van der Waals surface area (Å²) in [6.07, 6.45) is 2.84. The number of hydrogen-bond donors (Lipinski definition) is 2. The molecule has 2 aliphatic heterocycles.